The van der Waals surface area contributed by atoms with Crippen molar-refractivity contribution in [3.63, 3.8) is 0 Å². The van der Waals surface area contributed by atoms with E-state index in [1.54, 1.807) is 0 Å². The van der Waals surface area contributed by atoms with Crippen LogP contribution >= 0.6 is 31.9 Å². The highest BCUT2D eigenvalue weighted by Gasteiger charge is 2.30. The van der Waals surface area contributed by atoms with E-state index < -0.39 is 0 Å². The molecule has 0 aromatic rings. The van der Waals surface area contributed by atoms with Crippen molar-refractivity contribution in [1.82, 2.24) is 0 Å². The molecule has 4 heteroatoms. The normalized spacial score (nSPS) is 39.0. The predicted molar refractivity (Wildman–Crippen MR) is 51.4 cm³/mol. The third-order valence-corrected chi connectivity index (χ3v) is 4.42. The number of hydrogen-bond donors (Lipinski definition) is 0. The zero-order valence-electron chi connectivity index (χ0n) is 6.43. The summed E-state index contributed by atoms with van der Waals surface area (Å²) >= 11 is 7.08. The SMILES string of the molecule is CCO[C@@H]1OCC[C@@H](Br)[C@@H]1Br. The quantitative estimate of drug-likeness (QED) is 0.726. The number of halogens is 2. The monoisotopic (exact) mass is 286 g/mol. The van der Waals surface area contributed by atoms with Gasteiger partial charge in [-0.25, -0.2) is 0 Å². The van der Waals surface area contributed by atoms with Gasteiger partial charge in [0.15, 0.2) is 6.29 Å². The van der Waals surface area contributed by atoms with Gasteiger partial charge in [-0.2, -0.15) is 0 Å². The van der Waals surface area contributed by atoms with Crippen molar-refractivity contribution in [2.75, 3.05) is 13.2 Å². The maximum Gasteiger partial charge on any atom is 0.171 e. The first kappa shape index (κ1) is 9.96. The van der Waals surface area contributed by atoms with E-state index in [4.69, 9.17) is 9.47 Å². The molecule has 3 atom stereocenters. The van der Waals surface area contributed by atoms with Crippen LogP contribution < -0.4 is 0 Å². The zero-order chi connectivity index (χ0) is 8.27. The lowest BCUT2D eigenvalue weighted by atomic mass is 10.2. The van der Waals surface area contributed by atoms with Crippen LogP contribution in [0.3, 0.4) is 0 Å². The van der Waals surface area contributed by atoms with E-state index in [0.717, 1.165) is 13.0 Å². The molecule has 0 amide bonds. The largest absolute Gasteiger partial charge is 0.352 e. The summed E-state index contributed by atoms with van der Waals surface area (Å²) in [5, 5.41) is 0. The number of hydrogen-bond acceptors (Lipinski definition) is 2. The summed E-state index contributed by atoms with van der Waals surface area (Å²) in [5.41, 5.74) is 0. The first-order valence-corrected chi connectivity index (χ1v) is 5.60. The second-order valence-electron chi connectivity index (χ2n) is 2.44. The average molecular weight is 288 g/mol. The Morgan fingerprint density at radius 1 is 1.55 bits per heavy atom. The number of alkyl halides is 2. The summed E-state index contributed by atoms with van der Waals surface area (Å²) in [6, 6.07) is 0. The Balaban J connectivity index is 2.38. The van der Waals surface area contributed by atoms with E-state index in [1.807, 2.05) is 6.92 Å². The smallest absolute Gasteiger partial charge is 0.171 e. The van der Waals surface area contributed by atoms with Crippen molar-refractivity contribution >= 4 is 31.9 Å². The van der Waals surface area contributed by atoms with Gasteiger partial charge in [-0.05, 0) is 13.3 Å². The third kappa shape index (κ3) is 2.68. The van der Waals surface area contributed by atoms with E-state index in [0.29, 0.717) is 11.4 Å². The lowest BCUT2D eigenvalue weighted by molar-refractivity contribution is -0.151. The molecule has 2 nitrogen and oxygen atoms in total. The Morgan fingerprint density at radius 3 is 2.91 bits per heavy atom. The van der Waals surface area contributed by atoms with Gasteiger partial charge < -0.3 is 9.47 Å². The summed E-state index contributed by atoms with van der Waals surface area (Å²) < 4.78 is 10.8. The lowest BCUT2D eigenvalue weighted by Gasteiger charge is -2.31. The third-order valence-electron chi connectivity index (χ3n) is 1.61. The first-order valence-electron chi connectivity index (χ1n) is 3.77. The fourth-order valence-corrected chi connectivity index (χ4v) is 2.03. The van der Waals surface area contributed by atoms with Gasteiger partial charge in [0.1, 0.15) is 0 Å². The Bertz CT molecular complexity index is 119. The van der Waals surface area contributed by atoms with Gasteiger partial charge in [-0.15, -0.1) is 0 Å². The van der Waals surface area contributed by atoms with Crippen molar-refractivity contribution in [1.29, 1.82) is 0 Å². The molecule has 0 spiro atoms. The molecule has 0 radical (unpaired) electrons. The molecule has 0 aromatic carbocycles. The van der Waals surface area contributed by atoms with Crippen LogP contribution in [-0.2, 0) is 9.47 Å². The Kier molecular flexibility index (Phi) is 4.34. The van der Waals surface area contributed by atoms with Crippen molar-refractivity contribution < 1.29 is 9.47 Å². The molecule has 1 rings (SSSR count). The minimum absolute atomic E-state index is 0.0851. The van der Waals surface area contributed by atoms with E-state index in [9.17, 15) is 0 Å². The van der Waals surface area contributed by atoms with Crippen LogP contribution in [0.1, 0.15) is 13.3 Å². The summed E-state index contributed by atoms with van der Waals surface area (Å²) in [4.78, 5) is 0.740. The summed E-state index contributed by atoms with van der Waals surface area (Å²) in [5.74, 6) is 0. The molecule has 1 saturated heterocycles. The van der Waals surface area contributed by atoms with E-state index >= 15 is 0 Å². The van der Waals surface area contributed by atoms with E-state index in [-0.39, 0.29) is 11.1 Å². The maximum absolute atomic E-state index is 5.40. The second-order valence-corrected chi connectivity index (χ2v) is 4.68. The highest BCUT2D eigenvalue weighted by molar-refractivity contribution is 9.12. The minimum atomic E-state index is -0.0851. The van der Waals surface area contributed by atoms with Crippen molar-refractivity contribution in [3.8, 4) is 0 Å². The molecular formula is C7H12Br2O2. The molecule has 1 aliphatic heterocycles. The van der Waals surface area contributed by atoms with Crippen LogP contribution in [-0.4, -0.2) is 29.2 Å². The molecular weight excluding hydrogens is 276 g/mol. The van der Waals surface area contributed by atoms with Crippen molar-refractivity contribution in [2.45, 2.75) is 29.3 Å². The topological polar surface area (TPSA) is 18.5 Å². The Hall–Kier alpha value is 0.880. The summed E-state index contributed by atoms with van der Waals surface area (Å²) in [6.45, 7) is 3.45. The van der Waals surface area contributed by atoms with Gasteiger partial charge in [0.2, 0.25) is 0 Å². The van der Waals surface area contributed by atoms with Gasteiger partial charge in [0.25, 0.3) is 0 Å². The summed E-state index contributed by atoms with van der Waals surface area (Å²) in [6.07, 6.45) is 0.956. The molecule has 66 valence electrons. The summed E-state index contributed by atoms with van der Waals surface area (Å²) in [7, 11) is 0. The Morgan fingerprint density at radius 2 is 2.27 bits per heavy atom. The zero-order valence-corrected chi connectivity index (χ0v) is 9.60. The second kappa shape index (κ2) is 4.80. The number of rotatable bonds is 2. The molecule has 0 bridgehead atoms. The molecule has 0 N–H and O–H groups in total. The van der Waals surface area contributed by atoms with Crippen LogP contribution in [0.25, 0.3) is 0 Å². The fraction of sp³-hybridized carbons (Fsp3) is 1.00. The molecule has 0 aliphatic carbocycles. The number of ether oxygens (including phenoxy) is 2. The van der Waals surface area contributed by atoms with Gasteiger partial charge in [-0.3, -0.25) is 0 Å². The van der Waals surface area contributed by atoms with Crippen molar-refractivity contribution in [2.24, 2.45) is 0 Å². The lowest BCUT2D eigenvalue weighted by Crippen LogP contribution is -2.39. The molecule has 1 fully saturated rings. The highest BCUT2D eigenvalue weighted by Crippen LogP contribution is 2.27. The van der Waals surface area contributed by atoms with Gasteiger partial charge in [0, 0.05) is 11.4 Å². The van der Waals surface area contributed by atoms with Crippen LogP contribution in [0.5, 0.6) is 0 Å². The van der Waals surface area contributed by atoms with E-state index in [1.165, 1.54) is 0 Å². The van der Waals surface area contributed by atoms with Gasteiger partial charge >= 0.3 is 0 Å². The van der Waals surface area contributed by atoms with Gasteiger partial charge in [-0.1, -0.05) is 31.9 Å². The van der Waals surface area contributed by atoms with Crippen molar-refractivity contribution in [3.05, 3.63) is 0 Å². The molecule has 11 heavy (non-hydrogen) atoms. The van der Waals surface area contributed by atoms with E-state index in [2.05, 4.69) is 31.9 Å². The Labute approximate surface area is 83.9 Å². The highest BCUT2D eigenvalue weighted by atomic mass is 79.9. The maximum atomic E-state index is 5.40. The molecule has 0 saturated carbocycles. The molecule has 0 unspecified atom stereocenters. The van der Waals surface area contributed by atoms with Crippen LogP contribution in [0.2, 0.25) is 0 Å². The van der Waals surface area contributed by atoms with Crippen LogP contribution in [0.15, 0.2) is 0 Å². The average Bonchev–Trinajstić information content (AvgIpc) is 1.99. The van der Waals surface area contributed by atoms with Crippen LogP contribution in [0, 0.1) is 0 Å². The molecule has 0 aromatic heterocycles. The van der Waals surface area contributed by atoms with Crippen LogP contribution in [0.4, 0.5) is 0 Å². The first-order chi connectivity index (χ1) is 5.25. The fourth-order valence-electron chi connectivity index (χ4n) is 1.02. The predicted octanol–water partition coefficient (Wildman–Crippen LogP) is 2.30. The molecule has 1 aliphatic rings. The van der Waals surface area contributed by atoms with Gasteiger partial charge in [0.05, 0.1) is 11.4 Å². The molecule has 1 heterocycles. The standard InChI is InChI=1S/C7H12Br2O2/c1-2-10-7-6(9)5(8)3-4-11-7/h5-7H,2-4H2,1H3/t5-,6+,7-/m1/s1. The minimum Gasteiger partial charge on any atom is -0.352 e.